The molecule has 4 rings (SSSR count). The van der Waals surface area contributed by atoms with E-state index >= 15 is 0 Å². The van der Waals surface area contributed by atoms with Gasteiger partial charge in [-0.1, -0.05) is 13.8 Å². The van der Waals surface area contributed by atoms with Gasteiger partial charge >= 0.3 is 5.97 Å². The molecule has 0 aliphatic carbocycles. The van der Waals surface area contributed by atoms with Crippen LogP contribution in [0.1, 0.15) is 27.2 Å². The molecule has 0 radical (unpaired) electrons. The Kier molecular flexibility index (Phi) is 6.13. The topological polar surface area (TPSA) is 141 Å². The molecule has 1 amide bonds. The van der Waals surface area contributed by atoms with Crippen LogP contribution >= 0.6 is 0 Å². The second-order valence-electron chi connectivity index (χ2n) is 8.86. The minimum absolute atomic E-state index is 0.0242. The molecule has 10 nitrogen and oxygen atoms in total. The van der Waals surface area contributed by atoms with Crippen LogP contribution in [0.5, 0.6) is 11.5 Å². The molecule has 182 valence electrons. The molecule has 0 bridgehead atoms. The predicted molar refractivity (Wildman–Crippen MR) is 118 cm³/mol. The second-order valence-corrected chi connectivity index (χ2v) is 10.5. The number of carbonyl (C=O) groups is 2. The fourth-order valence-corrected chi connectivity index (χ4v) is 5.44. The number of hydrogen-bond acceptors (Lipinski definition) is 9. The highest BCUT2D eigenvalue weighted by Crippen LogP contribution is 2.52. The van der Waals surface area contributed by atoms with Crippen LogP contribution in [0.4, 0.5) is 0 Å². The van der Waals surface area contributed by atoms with E-state index in [2.05, 4.69) is 10.3 Å². The van der Waals surface area contributed by atoms with Gasteiger partial charge in [0.05, 0.1) is 29.7 Å². The van der Waals surface area contributed by atoms with Crippen molar-refractivity contribution in [1.29, 1.82) is 0 Å². The highest BCUT2D eigenvalue weighted by atomic mass is 32.2. The zero-order valence-corrected chi connectivity index (χ0v) is 19.7. The molecular formula is C23H26N2O8S. The first-order chi connectivity index (χ1) is 16.0. The molecule has 2 aliphatic rings. The molecule has 2 aliphatic heterocycles. The monoisotopic (exact) mass is 490 g/mol. The van der Waals surface area contributed by atoms with E-state index in [1.165, 1.54) is 30.5 Å². The lowest BCUT2D eigenvalue weighted by molar-refractivity contribution is -0.238. The molecule has 1 aromatic carbocycles. The summed E-state index contributed by atoms with van der Waals surface area (Å²) in [6, 6.07) is 9.11. The SMILES string of the molecule is CC(C)C(O)C12NC(=O)C(CCOS(=O)(=O)c3ccc(Oc4cccnc4)cc3)C1(C)OC2=O. The summed E-state index contributed by atoms with van der Waals surface area (Å²) in [7, 11) is -4.10. The zero-order valence-electron chi connectivity index (χ0n) is 18.9. The Hall–Kier alpha value is -3.02. The molecule has 4 unspecified atom stereocenters. The van der Waals surface area contributed by atoms with E-state index in [1.54, 1.807) is 39.1 Å². The maximum absolute atomic E-state index is 12.7. The average molecular weight is 491 g/mol. The van der Waals surface area contributed by atoms with Crippen LogP contribution in [0.25, 0.3) is 0 Å². The molecule has 2 fully saturated rings. The van der Waals surface area contributed by atoms with Crippen molar-refractivity contribution in [2.45, 2.75) is 49.3 Å². The molecule has 11 heteroatoms. The van der Waals surface area contributed by atoms with Crippen molar-refractivity contribution >= 4 is 22.0 Å². The summed E-state index contributed by atoms with van der Waals surface area (Å²) in [5.41, 5.74) is -2.85. The van der Waals surface area contributed by atoms with Crippen molar-refractivity contribution in [3.05, 3.63) is 48.8 Å². The van der Waals surface area contributed by atoms with Crippen LogP contribution in [0.3, 0.4) is 0 Å². The number of pyridine rings is 1. The van der Waals surface area contributed by atoms with Gasteiger partial charge in [0.25, 0.3) is 10.1 Å². The van der Waals surface area contributed by atoms with Crippen LogP contribution in [-0.2, 0) is 28.6 Å². The van der Waals surface area contributed by atoms with E-state index in [0.717, 1.165) is 0 Å². The minimum Gasteiger partial charge on any atom is -0.456 e. The van der Waals surface area contributed by atoms with Gasteiger partial charge in [-0.2, -0.15) is 8.42 Å². The van der Waals surface area contributed by atoms with Gasteiger partial charge in [-0.15, -0.1) is 0 Å². The fraction of sp³-hybridized carbons (Fsp3) is 0.435. The van der Waals surface area contributed by atoms with E-state index in [4.69, 9.17) is 13.7 Å². The van der Waals surface area contributed by atoms with Crippen molar-refractivity contribution in [1.82, 2.24) is 10.3 Å². The van der Waals surface area contributed by atoms with E-state index in [-0.39, 0.29) is 23.8 Å². The first-order valence-electron chi connectivity index (χ1n) is 10.8. The van der Waals surface area contributed by atoms with Gasteiger partial charge in [0, 0.05) is 6.20 Å². The highest BCUT2D eigenvalue weighted by Gasteiger charge is 2.79. The number of benzene rings is 1. The van der Waals surface area contributed by atoms with E-state index in [9.17, 15) is 23.1 Å². The summed E-state index contributed by atoms with van der Waals surface area (Å²) >= 11 is 0. The van der Waals surface area contributed by atoms with Gasteiger partial charge in [0.2, 0.25) is 11.4 Å². The Morgan fingerprint density at radius 2 is 1.88 bits per heavy atom. The third-order valence-corrected chi connectivity index (χ3v) is 7.74. The average Bonchev–Trinajstić information content (AvgIpc) is 2.97. The number of esters is 1. The first kappa shape index (κ1) is 24.1. The molecule has 34 heavy (non-hydrogen) atoms. The summed E-state index contributed by atoms with van der Waals surface area (Å²) in [6.07, 6.45) is 1.96. The van der Waals surface area contributed by atoms with Gasteiger partial charge in [0.15, 0.2) is 5.60 Å². The number of amides is 1. The molecule has 2 aromatic rings. The number of aliphatic hydroxyl groups excluding tert-OH is 1. The number of hydrogen-bond donors (Lipinski definition) is 2. The fourth-order valence-electron chi connectivity index (χ4n) is 4.52. The number of ether oxygens (including phenoxy) is 2. The van der Waals surface area contributed by atoms with Gasteiger partial charge < -0.3 is 19.9 Å². The summed E-state index contributed by atoms with van der Waals surface area (Å²) in [5, 5.41) is 13.2. The Balaban J connectivity index is 1.40. The smallest absolute Gasteiger partial charge is 0.339 e. The maximum atomic E-state index is 12.7. The van der Waals surface area contributed by atoms with Crippen molar-refractivity contribution in [2.24, 2.45) is 11.8 Å². The number of carbonyl (C=O) groups excluding carboxylic acids is 2. The number of fused-ring (bicyclic) bond motifs is 1. The van der Waals surface area contributed by atoms with Gasteiger partial charge in [-0.3, -0.25) is 14.0 Å². The molecule has 3 heterocycles. The molecule has 4 atom stereocenters. The summed E-state index contributed by atoms with van der Waals surface area (Å²) < 4.78 is 41.3. The lowest BCUT2D eigenvalue weighted by Gasteiger charge is -2.54. The summed E-state index contributed by atoms with van der Waals surface area (Å²) in [5.74, 6) is -1.44. The van der Waals surface area contributed by atoms with E-state index in [0.29, 0.717) is 11.5 Å². The van der Waals surface area contributed by atoms with Crippen molar-refractivity contribution in [2.75, 3.05) is 6.61 Å². The minimum atomic E-state index is -4.10. The highest BCUT2D eigenvalue weighted by molar-refractivity contribution is 7.86. The number of aliphatic hydroxyl groups is 1. The standard InChI is InChI=1S/C23H26N2O8S/c1-14(2)19(26)23-21(28)33-22(23,3)18(20(27)25-23)10-12-31-34(29,30)17-8-6-15(7-9-17)32-16-5-4-11-24-13-16/h4-9,11,13-14,18-19,26H,10,12H2,1-3H3,(H,25,27). The van der Waals surface area contributed by atoms with Gasteiger partial charge in [0.1, 0.15) is 11.5 Å². The Bertz CT molecular complexity index is 1190. The Labute approximate surface area is 197 Å². The second kappa shape index (κ2) is 8.64. The van der Waals surface area contributed by atoms with Crippen molar-refractivity contribution < 1.29 is 36.8 Å². The number of nitrogens with zero attached hydrogens (tertiary/aromatic N) is 1. The third-order valence-electron chi connectivity index (χ3n) is 6.41. The maximum Gasteiger partial charge on any atom is 0.339 e. The van der Waals surface area contributed by atoms with Crippen LogP contribution in [0.2, 0.25) is 0 Å². The molecule has 0 saturated carbocycles. The van der Waals surface area contributed by atoms with Gasteiger partial charge in [-0.05, 0) is 55.7 Å². The summed E-state index contributed by atoms with van der Waals surface area (Å²) in [4.78, 5) is 28.8. The Morgan fingerprint density at radius 1 is 1.18 bits per heavy atom. The third kappa shape index (κ3) is 3.83. The molecule has 2 N–H and O–H groups in total. The molecule has 1 aromatic heterocycles. The first-order valence-corrected chi connectivity index (χ1v) is 12.2. The van der Waals surface area contributed by atoms with Crippen LogP contribution in [-0.4, -0.2) is 54.2 Å². The number of aromatic nitrogens is 1. The zero-order chi connectivity index (χ0) is 24.7. The van der Waals surface area contributed by atoms with Crippen molar-refractivity contribution in [3.8, 4) is 11.5 Å². The lowest BCUT2D eigenvalue weighted by Crippen LogP contribution is -2.79. The van der Waals surface area contributed by atoms with Crippen LogP contribution in [0, 0.1) is 11.8 Å². The molecule has 2 saturated heterocycles. The van der Waals surface area contributed by atoms with Crippen molar-refractivity contribution in [3.63, 3.8) is 0 Å². The quantitative estimate of drug-likeness (QED) is 0.397. The number of rotatable bonds is 9. The normalized spacial score (nSPS) is 26.9. The summed E-state index contributed by atoms with van der Waals surface area (Å²) in [6.45, 7) is 4.72. The lowest BCUT2D eigenvalue weighted by atomic mass is 9.66. The van der Waals surface area contributed by atoms with Crippen LogP contribution < -0.4 is 10.1 Å². The molecule has 0 spiro atoms. The van der Waals surface area contributed by atoms with E-state index < -0.39 is 45.2 Å². The predicted octanol–water partition coefficient (Wildman–Crippen LogP) is 1.79. The molecular weight excluding hydrogens is 464 g/mol. The van der Waals surface area contributed by atoms with Crippen LogP contribution in [0.15, 0.2) is 53.7 Å². The Morgan fingerprint density at radius 3 is 2.47 bits per heavy atom. The van der Waals surface area contributed by atoms with E-state index in [1.807, 2.05) is 0 Å². The van der Waals surface area contributed by atoms with Gasteiger partial charge in [-0.25, -0.2) is 4.79 Å². The largest absolute Gasteiger partial charge is 0.456 e. The number of nitrogens with one attached hydrogen (secondary N) is 1.